The summed E-state index contributed by atoms with van der Waals surface area (Å²) < 4.78 is 0. The fourth-order valence-corrected chi connectivity index (χ4v) is 2.68. The lowest BCUT2D eigenvalue weighted by Crippen LogP contribution is -2.45. The zero-order valence-electron chi connectivity index (χ0n) is 8.01. The van der Waals surface area contributed by atoms with Crippen molar-refractivity contribution in [3.05, 3.63) is 11.6 Å². The largest absolute Gasteiger partial charge is 0.293 e. The molecule has 2 atom stereocenters. The van der Waals surface area contributed by atoms with Crippen molar-refractivity contribution in [2.75, 3.05) is 7.05 Å². The molecule has 0 amide bonds. The second-order valence-corrected chi connectivity index (χ2v) is 4.64. The van der Waals surface area contributed by atoms with Crippen LogP contribution in [0.25, 0.3) is 0 Å². The Morgan fingerprint density at radius 3 is 3.08 bits per heavy atom. The van der Waals surface area contributed by atoms with Crippen LogP contribution in [0, 0.1) is 0 Å². The van der Waals surface area contributed by atoms with E-state index in [-0.39, 0.29) is 16.8 Å². The molecule has 72 valence electrons. The topological polar surface area (TPSA) is 20.3 Å². The van der Waals surface area contributed by atoms with Gasteiger partial charge in [0.1, 0.15) is 0 Å². The minimum Gasteiger partial charge on any atom is -0.293 e. The van der Waals surface area contributed by atoms with Crippen molar-refractivity contribution in [2.24, 2.45) is 0 Å². The maximum atomic E-state index is 11.1. The predicted molar refractivity (Wildman–Crippen MR) is 52.8 cm³/mol. The van der Waals surface area contributed by atoms with Gasteiger partial charge in [0.15, 0.2) is 0 Å². The van der Waals surface area contributed by atoms with Crippen molar-refractivity contribution < 1.29 is 4.79 Å². The lowest BCUT2D eigenvalue weighted by atomic mass is 9.92. The average Bonchev–Trinajstić information content (AvgIpc) is 2.30. The van der Waals surface area contributed by atoms with Gasteiger partial charge in [-0.25, -0.2) is 0 Å². The third-order valence-corrected chi connectivity index (χ3v) is 3.84. The van der Waals surface area contributed by atoms with Crippen molar-refractivity contribution in [2.45, 2.75) is 37.8 Å². The van der Waals surface area contributed by atoms with Gasteiger partial charge in [-0.15, -0.1) is 0 Å². The van der Waals surface area contributed by atoms with Crippen molar-refractivity contribution in [1.29, 1.82) is 0 Å². The number of carbonyl (C=O) groups excluding carboxylic acids is 1. The molecular formula is C10H14ClNO. The Bertz CT molecular complexity index is 287. The zero-order chi connectivity index (χ0) is 9.64. The van der Waals surface area contributed by atoms with Gasteiger partial charge in [-0.2, -0.15) is 0 Å². The van der Waals surface area contributed by atoms with Gasteiger partial charge in [0.25, 0.3) is 0 Å². The Morgan fingerprint density at radius 1 is 1.77 bits per heavy atom. The van der Waals surface area contributed by atoms with E-state index in [2.05, 4.69) is 18.9 Å². The normalized spacial score (nSPS) is 39.0. The molecule has 2 aliphatic heterocycles. The van der Waals surface area contributed by atoms with Gasteiger partial charge in [0.05, 0.1) is 0 Å². The van der Waals surface area contributed by atoms with Crippen molar-refractivity contribution in [3.63, 3.8) is 0 Å². The Hall–Kier alpha value is -0.340. The minimum absolute atomic E-state index is 0.264. The van der Waals surface area contributed by atoms with E-state index in [9.17, 15) is 4.79 Å². The first-order valence-electron chi connectivity index (χ1n) is 4.67. The average molecular weight is 200 g/mol. The summed E-state index contributed by atoms with van der Waals surface area (Å²) >= 11 is 5.53. The number of fused-ring (bicyclic) bond motifs is 2. The van der Waals surface area contributed by atoms with Crippen LogP contribution >= 0.6 is 11.6 Å². The number of rotatable bonds is 1. The highest BCUT2D eigenvalue weighted by Gasteiger charge is 2.45. The maximum Gasteiger partial charge on any atom is 0.249 e. The van der Waals surface area contributed by atoms with E-state index in [0.29, 0.717) is 0 Å². The molecule has 0 radical (unpaired) electrons. The van der Waals surface area contributed by atoms with Gasteiger partial charge < -0.3 is 0 Å². The van der Waals surface area contributed by atoms with E-state index in [1.54, 1.807) is 0 Å². The Kier molecular flexibility index (Phi) is 2.00. The van der Waals surface area contributed by atoms with E-state index in [0.717, 1.165) is 18.4 Å². The summed E-state index contributed by atoms with van der Waals surface area (Å²) in [5.41, 5.74) is 1.07. The van der Waals surface area contributed by atoms with Crippen molar-refractivity contribution in [1.82, 2.24) is 4.90 Å². The standard InChI is InChI=1S/C10H14ClNO/c1-10-5-3-7(9(11)13)8(4-6-10)12(10)2/h3,8H,4-6H2,1-2H3. The van der Waals surface area contributed by atoms with Crippen LogP contribution in [-0.4, -0.2) is 28.8 Å². The minimum atomic E-state index is -0.277. The molecule has 0 aliphatic carbocycles. The van der Waals surface area contributed by atoms with Gasteiger partial charge in [-0.05, 0) is 44.8 Å². The molecule has 3 heteroatoms. The molecule has 0 saturated carbocycles. The molecular weight excluding hydrogens is 186 g/mol. The maximum absolute atomic E-state index is 11.1. The third-order valence-electron chi connectivity index (χ3n) is 3.62. The molecule has 2 rings (SSSR count). The Labute approximate surface area is 83.5 Å². The fraction of sp³-hybridized carbons (Fsp3) is 0.700. The third kappa shape index (κ3) is 1.24. The summed E-state index contributed by atoms with van der Waals surface area (Å²) in [5.74, 6) is 0. The van der Waals surface area contributed by atoms with Crippen LogP contribution in [0.1, 0.15) is 26.2 Å². The monoisotopic (exact) mass is 199 g/mol. The summed E-state index contributed by atoms with van der Waals surface area (Å²) in [6.07, 6.45) is 5.20. The van der Waals surface area contributed by atoms with Crippen LogP contribution in [0.2, 0.25) is 0 Å². The quantitative estimate of drug-likeness (QED) is 0.602. The van der Waals surface area contributed by atoms with Gasteiger partial charge in [-0.3, -0.25) is 9.69 Å². The number of nitrogens with zero attached hydrogens (tertiary/aromatic N) is 1. The molecule has 2 unspecified atom stereocenters. The molecule has 2 aliphatic rings. The van der Waals surface area contributed by atoms with Crippen LogP contribution in [-0.2, 0) is 4.79 Å². The highest BCUT2D eigenvalue weighted by Crippen LogP contribution is 2.42. The second kappa shape index (κ2) is 2.82. The first-order valence-corrected chi connectivity index (χ1v) is 5.05. The molecule has 2 heterocycles. The lowest BCUT2D eigenvalue weighted by Gasteiger charge is -2.38. The summed E-state index contributed by atoms with van der Waals surface area (Å²) in [7, 11) is 2.09. The van der Waals surface area contributed by atoms with Gasteiger partial charge in [0, 0.05) is 17.2 Å². The van der Waals surface area contributed by atoms with E-state index in [1.807, 2.05) is 6.08 Å². The van der Waals surface area contributed by atoms with E-state index >= 15 is 0 Å². The van der Waals surface area contributed by atoms with Crippen LogP contribution < -0.4 is 0 Å². The number of hydrogen-bond donors (Lipinski definition) is 0. The molecule has 1 saturated heterocycles. The van der Waals surface area contributed by atoms with Crippen LogP contribution in [0.5, 0.6) is 0 Å². The molecule has 13 heavy (non-hydrogen) atoms. The van der Waals surface area contributed by atoms with Gasteiger partial charge in [-0.1, -0.05) is 6.08 Å². The van der Waals surface area contributed by atoms with Crippen LogP contribution in [0.15, 0.2) is 11.6 Å². The molecule has 0 aromatic rings. The summed E-state index contributed by atoms with van der Waals surface area (Å²) in [6, 6.07) is 0.267. The first-order chi connectivity index (χ1) is 6.04. The van der Waals surface area contributed by atoms with Gasteiger partial charge >= 0.3 is 0 Å². The molecule has 1 fully saturated rings. The van der Waals surface area contributed by atoms with Crippen molar-refractivity contribution in [3.8, 4) is 0 Å². The van der Waals surface area contributed by atoms with Crippen LogP contribution in [0.4, 0.5) is 0 Å². The second-order valence-electron chi connectivity index (χ2n) is 4.30. The van der Waals surface area contributed by atoms with E-state index < -0.39 is 0 Å². The number of hydrogen-bond acceptors (Lipinski definition) is 2. The summed E-state index contributed by atoms with van der Waals surface area (Å²) in [5, 5.41) is -0.277. The fourth-order valence-electron chi connectivity index (χ4n) is 2.48. The highest BCUT2D eigenvalue weighted by molar-refractivity contribution is 6.67. The lowest BCUT2D eigenvalue weighted by molar-refractivity contribution is -0.109. The Morgan fingerprint density at radius 2 is 2.46 bits per heavy atom. The Balaban J connectivity index is 2.34. The predicted octanol–water partition coefficient (Wildman–Crippen LogP) is 1.93. The highest BCUT2D eigenvalue weighted by atomic mass is 35.5. The molecule has 0 spiro atoms. The molecule has 0 N–H and O–H groups in total. The summed E-state index contributed by atoms with van der Waals surface area (Å²) in [4.78, 5) is 13.4. The molecule has 2 nitrogen and oxygen atoms in total. The summed E-state index contributed by atoms with van der Waals surface area (Å²) in [6.45, 7) is 2.25. The molecule has 0 aromatic heterocycles. The van der Waals surface area contributed by atoms with E-state index in [1.165, 1.54) is 6.42 Å². The number of halogens is 1. The number of carbonyl (C=O) groups is 1. The van der Waals surface area contributed by atoms with Crippen molar-refractivity contribution >= 4 is 16.8 Å². The molecule has 0 aromatic carbocycles. The first kappa shape index (κ1) is 9.22. The van der Waals surface area contributed by atoms with E-state index in [4.69, 9.17) is 11.6 Å². The molecule has 2 bridgehead atoms. The zero-order valence-corrected chi connectivity index (χ0v) is 8.77. The van der Waals surface area contributed by atoms with Crippen LogP contribution in [0.3, 0.4) is 0 Å². The van der Waals surface area contributed by atoms with Gasteiger partial charge in [0.2, 0.25) is 5.24 Å². The SMILES string of the molecule is CN1C2CCC1(C)CC=C2C(=O)Cl. The number of likely N-dealkylation sites (N-methyl/N-ethyl adjacent to an activating group) is 1. The smallest absolute Gasteiger partial charge is 0.249 e.